The second-order valence-corrected chi connectivity index (χ2v) is 7.62. The van der Waals surface area contributed by atoms with Gasteiger partial charge >= 0.3 is 5.97 Å². The van der Waals surface area contributed by atoms with Crippen LogP contribution in [0.4, 0.5) is 11.4 Å². The van der Waals surface area contributed by atoms with Crippen LogP contribution >= 0.6 is 0 Å². The number of guanidine groups is 1. The third-order valence-electron chi connectivity index (χ3n) is 5.56. The van der Waals surface area contributed by atoms with Crippen molar-refractivity contribution in [3.05, 3.63) is 60.2 Å². The number of hydrogen-bond acceptors (Lipinski definition) is 4. The number of ether oxygens (including phenoxy) is 1. The summed E-state index contributed by atoms with van der Waals surface area (Å²) in [5, 5.41) is 12.5. The van der Waals surface area contributed by atoms with Crippen molar-refractivity contribution in [1.82, 2.24) is 4.90 Å². The van der Waals surface area contributed by atoms with Crippen molar-refractivity contribution in [2.24, 2.45) is 4.99 Å². The van der Waals surface area contributed by atoms with Crippen LogP contribution in [0.2, 0.25) is 0 Å². The number of carboxylic acids is 1. The Bertz CT molecular complexity index is 856. The van der Waals surface area contributed by atoms with E-state index >= 15 is 0 Å². The average molecular weight is 409 g/mol. The Morgan fingerprint density at radius 2 is 1.80 bits per heavy atom. The van der Waals surface area contributed by atoms with Crippen molar-refractivity contribution in [2.75, 3.05) is 49.5 Å². The Kier molecular flexibility index (Phi) is 6.49. The van der Waals surface area contributed by atoms with Gasteiger partial charge in [-0.3, -0.25) is 4.99 Å². The molecule has 0 aromatic heterocycles. The van der Waals surface area contributed by atoms with Crippen molar-refractivity contribution in [2.45, 2.75) is 18.9 Å². The van der Waals surface area contributed by atoms with E-state index < -0.39 is 5.97 Å². The van der Waals surface area contributed by atoms with Gasteiger partial charge in [-0.05, 0) is 49.2 Å². The third kappa shape index (κ3) is 5.10. The maximum absolute atomic E-state index is 11.1. The van der Waals surface area contributed by atoms with Gasteiger partial charge in [0.25, 0.3) is 0 Å². The first kappa shape index (κ1) is 20.2. The lowest BCUT2D eigenvalue weighted by Crippen LogP contribution is -2.51. The van der Waals surface area contributed by atoms with Crippen LogP contribution in [0.15, 0.2) is 59.6 Å². The highest BCUT2D eigenvalue weighted by molar-refractivity contribution is 5.95. The summed E-state index contributed by atoms with van der Waals surface area (Å²) in [6.45, 7) is 5.01. The van der Waals surface area contributed by atoms with Gasteiger partial charge in [-0.25, -0.2) is 4.79 Å². The zero-order valence-electron chi connectivity index (χ0n) is 17.0. The summed E-state index contributed by atoms with van der Waals surface area (Å²) < 4.78 is 5.73. The SMILES string of the molecule is O=C(O)c1ccc(NC(=NC[C@H]2CCCO2)N2CCN(c3ccccc3)CC2)cc1. The van der Waals surface area contributed by atoms with Crippen LogP contribution in [0, 0.1) is 0 Å². The predicted molar refractivity (Wildman–Crippen MR) is 119 cm³/mol. The number of hydrogen-bond donors (Lipinski definition) is 2. The fraction of sp³-hybridized carbons (Fsp3) is 0.391. The van der Waals surface area contributed by atoms with Crippen molar-refractivity contribution >= 4 is 23.3 Å². The molecule has 2 aromatic carbocycles. The van der Waals surface area contributed by atoms with E-state index in [0.29, 0.717) is 6.54 Å². The summed E-state index contributed by atoms with van der Waals surface area (Å²) in [5.74, 6) is -0.104. The number of nitrogens with zero attached hydrogens (tertiary/aromatic N) is 3. The topological polar surface area (TPSA) is 77.4 Å². The van der Waals surface area contributed by atoms with E-state index in [1.54, 1.807) is 24.3 Å². The predicted octanol–water partition coefficient (Wildman–Crippen LogP) is 3.15. The minimum atomic E-state index is -0.925. The number of nitrogens with one attached hydrogen (secondary N) is 1. The Labute approximate surface area is 177 Å². The molecule has 158 valence electrons. The Morgan fingerprint density at radius 1 is 1.07 bits per heavy atom. The summed E-state index contributed by atoms with van der Waals surface area (Å²) in [7, 11) is 0. The van der Waals surface area contributed by atoms with Crippen molar-refractivity contribution < 1.29 is 14.6 Å². The minimum Gasteiger partial charge on any atom is -0.478 e. The fourth-order valence-corrected chi connectivity index (χ4v) is 3.84. The van der Waals surface area contributed by atoms with Gasteiger partial charge in [0, 0.05) is 44.2 Å². The first-order valence-corrected chi connectivity index (χ1v) is 10.5. The summed E-state index contributed by atoms with van der Waals surface area (Å²) in [6, 6.07) is 17.2. The fourth-order valence-electron chi connectivity index (χ4n) is 3.84. The maximum atomic E-state index is 11.1. The van der Waals surface area contributed by atoms with Crippen LogP contribution in [0.3, 0.4) is 0 Å². The van der Waals surface area contributed by atoms with E-state index in [-0.39, 0.29) is 11.7 Å². The minimum absolute atomic E-state index is 0.182. The molecule has 0 spiro atoms. The highest BCUT2D eigenvalue weighted by Gasteiger charge is 2.22. The normalized spacial score (nSPS) is 19.7. The van der Waals surface area contributed by atoms with Gasteiger partial charge in [0.1, 0.15) is 0 Å². The molecule has 2 heterocycles. The molecule has 0 radical (unpaired) electrons. The van der Waals surface area contributed by atoms with E-state index in [1.807, 2.05) is 6.07 Å². The maximum Gasteiger partial charge on any atom is 0.335 e. The summed E-state index contributed by atoms with van der Waals surface area (Å²) in [4.78, 5) is 20.6. The largest absolute Gasteiger partial charge is 0.478 e. The molecule has 0 saturated carbocycles. The van der Waals surface area contributed by atoms with Gasteiger partial charge in [0.15, 0.2) is 5.96 Å². The Hall–Kier alpha value is -3.06. The van der Waals surface area contributed by atoms with Crippen LogP contribution in [0.5, 0.6) is 0 Å². The lowest BCUT2D eigenvalue weighted by Gasteiger charge is -2.37. The molecule has 0 unspecified atom stereocenters. The monoisotopic (exact) mass is 408 g/mol. The van der Waals surface area contributed by atoms with Crippen molar-refractivity contribution in [1.29, 1.82) is 0 Å². The third-order valence-corrected chi connectivity index (χ3v) is 5.56. The molecule has 1 atom stereocenters. The van der Waals surface area contributed by atoms with Gasteiger partial charge < -0.3 is 25.0 Å². The number of aliphatic imine (C=N–C) groups is 1. The first-order chi connectivity index (χ1) is 14.7. The van der Waals surface area contributed by atoms with Crippen LogP contribution in [-0.2, 0) is 4.74 Å². The van der Waals surface area contributed by atoms with Gasteiger partial charge in [-0.1, -0.05) is 18.2 Å². The van der Waals surface area contributed by atoms with E-state index in [2.05, 4.69) is 39.4 Å². The number of rotatable bonds is 5. The molecule has 2 aromatic rings. The van der Waals surface area contributed by atoms with E-state index in [0.717, 1.165) is 57.3 Å². The van der Waals surface area contributed by atoms with Crippen LogP contribution in [0.1, 0.15) is 23.2 Å². The smallest absolute Gasteiger partial charge is 0.335 e. The van der Waals surface area contributed by atoms with E-state index in [9.17, 15) is 4.79 Å². The molecule has 0 amide bonds. The number of para-hydroxylation sites is 1. The Morgan fingerprint density at radius 3 is 2.43 bits per heavy atom. The number of carboxylic acid groups (broad SMARTS) is 1. The highest BCUT2D eigenvalue weighted by Crippen LogP contribution is 2.18. The van der Waals surface area contributed by atoms with Crippen LogP contribution in [0.25, 0.3) is 0 Å². The quantitative estimate of drug-likeness (QED) is 0.585. The number of benzene rings is 2. The average Bonchev–Trinajstić information content (AvgIpc) is 3.31. The highest BCUT2D eigenvalue weighted by atomic mass is 16.5. The molecule has 2 N–H and O–H groups in total. The summed E-state index contributed by atoms with van der Waals surface area (Å²) >= 11 is 0. The van der Waals surface area contributed by atoms with Gasteiger partial charge in [0.05, 0.1) is 18.2 Å². The molecule has 2 aliphatic rings. The van der Waals surface area contributed by atoms with Crippen molar-refractivity contribution in [3.8, 4) is 0 Å². The molecular formula is C23H28N4O3. The number of carbonyl (C=O) groups is 1. The molecule has 2 fully saturated rings. The molecule has 0 bridgehead atoms. The second-order valence-electron chi connectivity index (χ2n) is 7.62. The molecule has 2 aliphatic heterocycles. The molecule has 4 rings (SSSR count). The zero-order valence-corrected chi connectivity index (χ0v) is 17.0. The lowest BCUT2D eigenvalue weighted by molar-refractivity contribution is 0.0697. The standard InChI is InChI=1S/C23H28N4O3/c28-22(29)18-8-10-19(11-9-18)25-23(24-17-21-7-4-16-30-21)27-14-12-26(13-15-27)20-5-2-1-3-6-20/h1-3,5-6,8-11,21H,4,7,12-17H2,(H,24,25)(H,28,29)/t21-/m1/s1. The molecule has 0 aliphatic carbocycles. The first-order valence-electron chi connectivity index (χ1n) is 10.5. The molecule has 30 heavy (non-hydrogen) atoms. The number of aromatic carboxylic acids is 1. The van der Waals surface area contributed by atoms with Crippen molar-refractivity contribution in [3.63, 3.8) is 0 Å². The molecule has 2 saturated heterocycles. The van der Waals surface area contributed by atoms with Gasteiger partial charge in [0.2, 0.25) is 0 Å². The zero-order chi connectivity index (χ0) is 20.8. The van der Waals surface area contributed by atoms with E-state index in [1.165, 1.54) is 5.69 Å². The Balaban J connectivity index is 1.44. The number of anilines is 2. The molecule has 7 heteroatoms. The molecule has 7 nitrogen and oxygen atoms in total. The summed E-state index contributed by atoms with van der Waals surface area (Å²) in [6.07, 6.45) is 2.32. The summed E-state index contributed by atoms with van der Waals surface area (Å²) in [5.41, 5.74) is 2.35. The number of piperazine rings is 1. The lowest BCUT2D eigenvalue weighted by atomic mass is 10.2. The van der Waals surface area contributed by atoms with Crippen LogP contribution < -0.4 is 10.2 Å². The van der Waals surface area contributed by atoms with Gasteiger partial charge in [-0.15, -0.1) is 0 Å². The van der Waals surface area contributed by atoms with Crippen LogP contribution in [-0.4, -0.2) is 67.4 Å². The second kappa shape index (κ2) is 9.63. The van der Waals surface area contributed by atoms with Gasteiger partial charge in [-0.2, -0.15) is 0 Å². The van der Waals surface area contributed by atoms with E-state index in [4.69, 9.17) is 14.8 Å². The molecular weight excluding hydrogens is 380 g/mol.